The predicted octanol–water partition coefficient (Wildman–Crippen LogP) is 7.09. The van der Waals surface area contributed by atoms with Crippen molar-refractivity contribution in [1.29, 1.82) is 0 Å². The fraction of sp³-hybridized carbons (Fsp3) is 0.455. The lowest BCUT2D eigenvalue weighted by atomic mass is 9.94. The molecule has 0 unspecified atom stereocenters. The van der Waals surface area contributed by atoms with Crippen LogP contribution in [0.2, 0.25) is 0 Å². The Kier molecular flexibility index (Phi) is 9.90. The van der Waals surface area contributed by atoms with Crippen molar-refractivity contribution in [3.8, 4) is 11.5 Å². The van der Waals surface area contributed by atoms with Gasteiger partial charge in [-0.1, -0.05) is 23.3 Å². The maximum atomic E-state index is 12.0. The van der Waals surface area contributed by atoms with Crippen LogP contribution in [0.25, 0.3) is 0 Å². The van der Waals surface area contributed by atoms with Gasteiger partial charge in [0.15, 0.2) is 11.5 Å². The first-order valence-electron chi connectivity index (χ1n) is 9.30. The lowest BCUT2D eigenvalue weighted by Gasteiger charge is -2.17. The van der Waals surface area contributed by atoms with Crippen molar-refractivity contribution in [2.24, 2.45) is 0 Å². The molecular weight excluding hydrogens is 366 g/mol. The quantitative estimate of drug-likeness (QED) is 0.252. The molecule has 6 heteroatoms. The summed E-state index contributed by atoms with van der Waals surface area (Å²) in [5, 5.41) is 18.5. The van der Waals surface area contributed by atoms with Crippen LogP contribution in [0, 0.1) is 20.8 Å². The van der Waals surface area contributed by atoms with E-state index < -0.39 is 6.08 Å². The van der Waals surface area contributed by atoms with Crippen LogP contribution in [-0.4, -0.2) is 10.5 Å². The normalized spacial score (nSPS) is 12.2. The lowest BCUT2D eigenvalue weighted by molar-refractivity contribution is -0.142. The van der Waals surface area contributed by atoms with Crippen LogP contribution >= 0.6 is 0 Å². The Morgan fingerprint density at radius 1 is 0.786 bits per heavy atom. The summed E-state index contributed by atoms with van der Waals surface area (Å²) in [5.74, 6) is 0.750. The molecule has 0 aliphatic heterocycles. The second-order valence-electron chi connectivity index (χ2n) is 7.07. The largest absolute Gasteiger partial charge is 0.340 e. The Hall–Kier alpha value is -2.18. The van der Waals surface area contributed by atoms with Crippen LogP contribution in [0.1, 0.15) is 61.8 Å². The van der Waals surface area contributed by atoms with Gasteiger partial charge in [-0.2, -0.15) is 8.78 Å². The number of allylic oxidation sites excluding steroid dienone is 5. The fourth-order valence-corrected chi connectivity index (χ4v) is 3.10. The van der Waals surface area contributed by atoms with Crippen LogP contribution < -0.4 is 9.78 Å². The first kappa shape index (κ1) is 23.9. The van der Waals surface area contributed by atoms with E-state index in [0.29, 0.717) is 47.5 Å². The molecule has 0 bridgehead atoms. The summed E-state index contributed by atoms with van der Waals surface area (Å²) in [6.07, 6.45) is 6.60. The molecule has 0 aliphatic carbocycles. The smallest absolute Gasteiger partial charge is 0.266 e. The lowest BCUT2D eigenvalue weighted by Crippen LogP contribution is -2.04. The van der Waals surface area contributed by atoms with Gasteiger partial charge in [-0.3, -0.25) is 0 Å². The third kappa shape index (κ3) is 6.77. The molecule has 0 fully saturated rings. The summed E-state index contributed by atoms with van der Waals surface area (Å²) in [6.45, 7) is 9.35. The van der Waals surface area contributed by atoms with Gasteiger partial charge in [0.2, 0.25) is 0 Å². The van der Waals surface area contributed by atoms with E-state index in [1.54, 1.807) is 20.8 Å². The van der Waals surface area contributed by atoms with Gasteiger partial charge in [-0.05, 0) is 72.8 Å². The molecule has 0 spiro atoms. The van der Waals surface area contributed by atoms with E-state index in [1.165, 1.54) is 0 Å². The number of hydrogen-bond acceptors (Lipinski definition) is 4. The third-order valence-corrected chi connectivity index (χ3v) is 5.02. The molecule has 0 amide bonds. The van der Waals surface area contributed by atoms with Gasteiger partial charge < -0.3 is 9.78 Å². The Bertz CT molecular complexity index is 761. The van der Waals surface area contributed by atoms with Gasteiger partial charge in [0.05, 0.1) is 0 Å². The van der Waals surface area contributed by atoms with Crippen molar-refractivity contribution < 1.29 is 29.1 Å². The van der Waals surface area contributed by atoms with Crippen molar-refractivity contribution >= 4 is 0 Å². The standard InChI is InChI=1S/C22H30F2O4/c1-14(10-7-11-20(23)24)8-6-9-15(2)12-13-19-18(5)21(27-25)16(3)17(4)22(19)28-26/h8,11-12,25-26H,6-7,9-10,13H2,1-5H3/b14-8+,15-12+. The zero-order valence-electron chi connectivity index (χ0n) is 17.2. The number of rotatable bonds is 10. The molecule has 0 saturated carbocycles. The third-order valence-electron chi connectivity index (χ3n) is 5.02. The fourth-order valence-electron chi connectivity index (χ4n) is 3.10. The van der Waals surface area contributed by atoms with Gasteiger partial charge in [0.1, 0.15) is 0 Å². The highest BCUT2D eigenvalue weighted by Crippen LogP contribution is 2.38. The van der Waals surface area contributed by atoms with E-state index in [2.05, 4.69) is 15.9 Å². The maximum absolute atomic E-state index is 12.0. The molecule has 0 heterocycles. The zero-order chi connectivity index (χ0) is 21.3. The van der Waals surface area contributed by atoms with E-state index in [0.717, 1.165) is 35.6 Å². The highest BCUT2D eigenvalue weighted by molar-refractivity contribution is 5.58. The monoisotopic (exact) mass is 396 g/mol. The Morgan fingerprint density at radius 2 is 1.29 bits per heavy atom. The minimum absolute atomic E-state index is 0.352. The van der Waals surface area contributed by atoms with Crippen molar-refractivity contribution in [3.05, 3.63) is 57.7 Å². The molecule has 0 saturated heterocycles. The summed E-state index contributed by atoms with van der Waals surface area (Å²) in [5.41, 5.74) is 5.12. The van der Waals surface area contributed by atoms with E-state index in [-0.39, 0.29) is 0 Å². The zero-order valence-corrected chi connectivity index (χ0v) is 17.2. The van der Waals surface area contributed by atoms with Crippen molar-refractivity contribution in [2.75, 3.05) is 0 Å². The summed E-state index contributed by atoms with van der Waals surface area (Å²) in [7, 11) is 0. The summed E-state index contributed by atoms with van der Waals surface area (Å²) >= 11 is 0. The van der Waals surface area contributed by atoms with Gasteiger partial charge in [0, 0.05) is 22.3 Å². The van der Waals surface area contributed by atoms with Crippen LogP contribution in [0.15, 0.2) is 35.5 Å². The Balaban J connectivity index is 2.80. The summed E-state index contributed by atoms with van der Waals surface area (Å²) in [6, 6.07) is 0. The molecule has 1 aromatic rings. The number of benzene rings is 1. The minimum Gasteiger partial charge on any atom is -0.340 e. The number of hydrogen-bond donors (Lipinski definition) is 2. The SMILES string of the molecule is C/C(=C\CC/C(C)=C/Cc1c(C)c(OO)c(C)c(C)c1OO)CCC=C(F)F. The first-order valence-corrected chi connectivity index (χ1v) is 9.30. The van der Waals surface area contributed by atoms with Crippen molar-refractivity contribution in [1.82, 2.24) is 0 Å². The maximum Gasteiger partial charge on any atom is 0.266 e. The highest BCUT2D eigenvalue weighted by atomic mass is 19.3. The topological polar surface area (TPSA) is 58.9 Å². The Morgan fingerprint density at radius 3 is 1.82 bits per heavy atom. The number of halogens is 2. The Labute approximate surface area is 165 Å². The van der Waals surface area contributed by atoms with E-state index in [1.807, 2.05) is 19.9 Å². The summed E-state index contributed by atoms with van der Waals surface area (Å²) in [4.78, 5) is 9.13. The van der Waals surface area contributed by atoms with Crippen LogP contribution in [0.3, 0.4) is 0 Å². The molecular formula is C22H30F2O4. The molecule has 1 aromatic carbocycles. The molecule has 156 valence electrons. The second-order valence-corrected chi connectivity index (χ2v) is 7.07. The van der Waals surface area contributed by atoms with Gasteiger partial charge in [0.25, 0.3) is 6.08 Å². The predicted molar refractivity (Wildman–Crippen MR) is 107 cm³/mol. The minimum atomic E-state index is -1.63. The van der Waals surface area contributed by atoms with E-state index in [4.69, 9.17) is 0 Å². The highest BCUT2D eigenvalue weighted by Gasteiger charge is 2.19. The molecule has 28 heavy (non-hydrogen) atoms. The average Bonchev–Trinajstić information content (AvgIpc) is 2.63. The van der Waals surface area contributed by atoms with Crippen LogP contribution in [0.5, 0.6) is 11.5 Å². The van der Waals surface area contributed by atoms with Crippen molar-refractivity contribution in [3.63, 3.8) is 0 Å². The molecule has 2 N–H and O–H groups in total. The van der Waals surface area contributed by atoms with Gasteiger partial charge in [-0.15, -0.1) is 0 Å². The van der Waals surface area contributed by atoms with Gasteiger partial charge >= 0.3 is 0 Å². The molecule has 0 atom stereocenters. The van der Waals surface area contributed by atoms with E-state index >= 15 is 0 Å². The van der Waals surface area contributed by atoms with Crippen LogP contribution in [-0.2, 0) is 6.42 Å². The molecule has 0 aliphatic rings. The molecule has 0 radical (unpaired) electrons. The summed E-state index contributed by atoms with van der Waals surface area (Å²) < 4.78 is 24.1. The first-order chi connectivity index (χ1) is 13.2. The van der Waals surface area contributed by atoms with Gasteiger partial charge in [-0.25, -0.2) is 10.5 Å². The van der Waals surface area contributed by atoms with Crippen LogP contribution in [0.4, 0.5) is 8.78 Å². The molecule has 1 rings (SSSR count). The molecule has 0 aromatic heterocycles. The average molecular weight is 396 g/mol. The van der Waals surface area contributed by atoms with Crippen molar-refractivity contribution in [2.45, 2.75) is 66.7 Å². The second kappa shape index (κ2) is 11.6. The molecule has 4 nitrogen and oxygen atoms in total. The van der Waals surface area contributed by atoms with E-state index in [9.17, 15) is 19.3 Å².